The third-order valence-electron chi connectivity index (χ3n) is 3.16. The second-order valence-corrected chi connectivity index (χ2v) is 5.77. The summed E-state index contributed by atoms with van der Waals surface area (Å²) < 4.78 is 1.13. The summed E-state index contributed by atoms with van der Waals surface area (Å²) in [5, 5.41) is 15.8. The molecule has 2 aromatic rings. The number of aromatic nitrogens is 4. The Bertz CT molecular complexity index is 566. The third-order valence-corrected chi connectivity index (χ3v) is 4.05. The van der Waals surface area contributed by atoms with Crippen LogP contribution in [0.2, 0.25) is 0 Å². The van der Waals surface area contributed by atoms with E-state index in [1.807, 2.05) is 0 Å². The molecule has 1 atom stereocenters. The van der Waals surface area contributed by atoms with Gasteiger partial charge in [0.25, 0.3) is 0 Å². The van der Waals surface area contributed by atoms with Crippen LogP contribution >= 0.6 is 15.9 Å². The first-order valence-corrected chi connectivity index (χ1v) is 7.61. The zero-order valence-electron chi connectivity index (χ0n) is 12.1. The summed E-state index contributed by atoms with van der Waals surface area (Å²) >= 11 is 3.54. The molecule has 6 heteroatoms. The number of aryl methyl sites for hydroxylation is 2. The fourth-order valence-electron chi connectivity index (χ4n) is 2.10. The Labute approximate surface area is 127 Å². The van der Waals surface area contributed by atoms with Gasteiger partial charge in [-0.15, -0.1) is 10.2 Å². The molecule has 5 nitrogen and oxygen atoms in total. The summed E-state index contributed by atoms with van der Waals surface area (Å²) in [4.78, 5) is 1.50. The molecule has 1 aromatic heterocycles. The molecular weight excluding hydrogens is 318 g/mol. The average molecular weight is 338 g/mol. The van der Waals surface area contributed by atoms with Gasteiger partial charge in [0, 0.05) is 16.9 Å². The third kappa shape index (κ3) is 3.86. The van der Waals surface area contributed by atoms with E-state index in [4.69, 9.17) is 0 Å². The number of hydrogen-bond acceptors (Lipinski definition) is 4. The van der Waals surface area contributed by atoms with E-state index < -0.39 is 0 Å². The Morgan fingerprint density at radius 2 is 2.20 bits per heavy atom. The maximum absolute atomic E-state index is 4.27. The highest BCUT2D eigenvalue weighted by molar-refractivity contribution is 9.10. The van der Waals surface area contributed by atoms with Gasteiger partial charge >= 0.3 is 0 Å². The Balaban J connectivity index is 2.19. The van der Waals surface area contributed by atoms with Gasteiger partial charge in [0.15, 0.2) is 5.82 Å². The summed E-state index contributed by atoms with van der Waals surface area (Å²) in [5.41, 5.74) is 2.49. The van der Waals surface area contributed by atoms with Gasteiger partial charge in [0.1, 0.15) is 0 Å². The predicted octanol–water partition coefficient (Wildman–Crippen LogP) is 2.56. The first-order valence-electron chi connectivity index (χ1n) is 6.82. The number of benzene rings is 1. The summed E-state index contributed by atoms with van der Waals surface area (Å²) in [5.74, 6) is 0.765. The van der Waals surface area contributed by atoms with Crippen LogP contribution in [0.25, 0.3) is 0 Å². The van der Waals surface area contributed by atoms with Crippen LogP contribution in [0.5, 0.6) is 0 Å². The Kier molecular flexibility index (Phi) is 5.25. The monoisotopic (exact) mass is 337 g/mol. The van der Waals surface area contributed by atoms with E-state index in [2.05, 4.69) is 68.7 Å². The first kappa shape index (κ1) is 15.1. The second kappa shape index (κ2) is 6.95. The largest absolute Gasteiger partial charge is 0.310 e. The van der Waals surface area contributed by atoms with Crippen molar-refractivity contribution in [2.45, 2.75) is 32.7 Å². The van der Waals surface area contributed by atoms with Gasteiger partial charge in [-0.05, 0) is 42.3 Å². The molecule has 108 valence electrons. The van der Waals surface area contributed by atoms with Crippen molar-refractivity contribution < 1.29 is 0 Å². The molecule has 20 heavy (non-hydrogen) atoms. The number of halogens is 1. The number of hydrogen-bond donors (Lipinski definition) is 1. The lowest BCUT2D eigenvalue weighted by molar-refractivity contribution is 0.516. The standard InChI is InChI=1S/C14H20BrN5/c1-4-7-16-13(9-14-17-19-20(3)18-14)11-5-6-12(15)10(2)8-11/h5-6,8,13,16H,4,7,9H2,1-3H3. The molecule has 1 heterocycles. The van der Waals surface area contributed by atoms with Gasteiger partial charge in [0.2, 0.25) is 0 Å². The smallest absolute Gasteiger partial charge is 0.176 e. The van der Waals surface area contributed by atoms with Crippen molar-refractivity contribution in [3.05, 3.63) is 39.6 Å². The van der Waals surface area contributed by atoms with Crippen LogP contribution < -0.4 is 5.32 Å². The van der Waals surface area contributed by atoms with Crippen LogP contribution in [0.1, 0.15) is 36.3 Å². The lowest BCUT2D eigenvalue weighted by Gasteiger charge is -2.18. The molecular formula is C14H20BrN5. The summed E-state index contributed by atoms with van der Waals surface area (Å²) in [7, 11) is 1.79. The molecule has 0 bridgehead atoms. The lowest BCUT2D eigenvalue weighted by atomic mass is 10.0. The van der Waals surface area contributed by atoms with E-state index >= 15 is 0 Å². The van der Waals surface area contributed by atoms with Gasteiger partial charge in [-0.1, -0.05) is 35.0 Å². The molecule has 0 fully saturated rings. The molecule has 0 spiro atoms. The molecule has 0 amide bonds. The van der Waals surface area contributed by atoms with Crippen LogP contribution in [0.15, 0.2) is 22.7 Å². The van der Waals surface area contributed by atoms with Crippen LogP contribution in [-0.2, 0) is 13.5 Å². The van der Waals surface area contributed by atoms with E-state index in [0.29, 0.717) is 0 Å². The van der Waals surface area contributed by atoms with Crippen molar-refractivity contribution in [1.29, 1.82) is 0 Å². The van der Waals surface area contributed by atoms with Crippen molar-refractivity contribution >= 4 is 15.9 Å². The molecule has 0 radical (unpaired) electrons. The number of nitrogens with one attached hydrogen (secondary N) is 1. The quantitative estimate of drug-likeness (QED) is 0.880. The molecule has 0 aliphatic carbocycles. The van der Waals surface area contributed by atoms with E-state index in [1.165, 1.54) is 15.9 Å². The minimum Gasteiger partial charge on any atom is -0.310 e. The normalized spacial score (nSPS) is 12.6. The summed E-state index contributed by atoms with van der Waals surface area (Å²) in [6.45, 7) is 5.24. The maximum Gasteiger partial charge on any atom is 0.176 e. The molecule has 2 rings (SSSR count). The van der Waals surface area contributed by atoms with E-state index in [9.17, 15) is 0 Å². The predicted molar refractivity (Wildman–Crippen MR) is 82.4 cm³/mol. The van der Waals surface area contributed by atoms with Gasteiger partial charge in [-0.3, -0.25) is 0 Å². The molecule has 0 saturated heterocycles. The lowest BCUT2D eigenvalue weighted by Crippen LogP contribution is -2.24. The fraction of sp³-hybridized carbons (Fsp3) is 0.500. The van der Waals surface area contributed by atoms with Crippen LogP contribution in [0, 0.1) is 6.92 Å². The Morgan fingerprint density at radius 1 is 1.40 bits per heavy atom. The number of tetrazole rings is 1. The Morgan fingerprint density at radius 3 is 2.80 bits per heavy atom. The molecule has 0 aliphatic rings. The fourth-order valence-corrected chi connectivity index (χ4v) is 2.35. The number of nitrogens with zero attached hydrogens (tertiary/aromatic N) is 4. The molecule has 1 unspecified atom stereocenters. The van der Waals surface area contributed by atoms with Crippen molar-refractivity contribution in [1.82, 2.24) is 25.5 Å². The average Bonchev–Trinajstić information content (AvgIpc) is 2.83. The molecule has 1 N–H and O–H groups in total. The van der Waals surface area contributed by atoms with Gasteiger partial charge in [0.05, 0.1) is 7.05 Å². The maximum atomic E-state index is 4.27. The van der Waals surface area contributed by atoms with Gasteiger partial charge in [-0.25, -0.2) is 0 Å². The van der Waals surface area contributed by atoms with Crippen molar-refractivity contribution in [3.63, 3.8) is 0 Å². The molecule has 0 aliphatic heterocycles. The van der Waals surface area contributed by atoms with E-state index in [0.717, 1.165) is 29.7 Å². The number of rotatable bonds is 6. The van der Waals surface area contributed by atoms with Crippen LogP contribution in [0.3, 0.4) is 0 Å². The SMILES string of the molecule is CCCNC(Cc1nnn(C)n1)c1ccc(Br)c(C)c1. The minimum atomic E-state index is 0.214. The topological polar surface area (TPSA) is 55.6 Å². The first-order chi connectivity index (χ1) is 9.60. The summed E-state index contributed by atoms with van der Waals surface area (Å²) in [6.07, 6.45) is 1.84. The molecule has 1 aromatic carbocycles. The van der Waals surface area contributed by atoms with Crippen LogP contribution in [0.4, 0.5) is 0 Å². The Hall–Kier alpha value is -1.27. The highest BCUT2D eigenvalue weighted by Gasteiger charge is 2.15. The van der Waals surface area contributed by atoms with Crippen molar-refractivity contribution in [3.8, 4) is 0 Å². The van der Waals surface area contributed by atoms with Crippen molar-refractivity contribution in [2.24, 2.45) is 7.05 Å². The van der Waals surface area contributed by atoms with E-state index in [1.54, 1.807) is 7.05 Å². The highest BCUT2D eigenvalue weighted by atomic mass is 79.9. The van der Waals surface area contributed by atoms with Crippen molar-refractivity contribution in [2.75, 3.05) is 6.54 Å². The summed E-state index contributed by atoms with van der Waals surface area (Å²) in [6, 6.07) is 6.65. The zero-order valence-corrected chi connectivity index (χ0v) is 13.7. The van der Waals surface area contributed by atoms with E-state index in [-0.39, 0.29) is 6.04 Å². The zero-order chi connectivity index (χ0) is 14.5. The highest BCUT2D eigenvalue weighted by Crippen LogP contribution is 2.23. The van der Waals surface area contributed by atoms with Gasteiger partial charge in [-0.2, -0.15) is 4.80 Å². The second-order valence-electron chi connectivity index (χ2n) is 4.91. The van der Waals surface area contributed by atoms with Gasteiger partial charge < -0.3 is 5.32 Å². The molecule has 0 saturated carbocycles. The van der Waals surface area contributed by atoms with Crippen LogP contribution in [-0.4, -0.2) is 26.8 Å². The minimum absolute atomic E-state index is 0.214.